The van der Waals surface area contributed by atoms with E-state index in [9.17, 15) is 9.13 Å². The molecule has 10 heteroatoms. The number of rotatable bonds is 2. The van der Waals surface area contributed by atoms with Gasteiger partial charge in [0, 0.05) is 0 Å². The van der Waals surface area contributed by atoms with E-state index in [2.05, 4.69) is 0 Å². The fraction of sp³-hybridized carbons (Fsp3) is 0. The van der Waals surface area contributed by atoms with Gasteiger partial charge in [0.2, 0.25) is 0 Å². The Morgan fingerprint density at radius 1 is 0.938 bits per heavy atom. The largest absolute Gasteiger partial charge is 0.358 e. The van der Waals surface area contributed by atoms with Crippen LogP contribution in [0, 0.1) is 0 Å². The topological polar surface area (TPSA) is 115 Å². The number of benzene rings is 1. The molecule has 0 unspecified atom stereocenters. The SMILES string of the molecule is O=P(O)(O)c1ccc(Cl)c(Cl)c1P(=O)(O)O. The Bertz CT molecular complexity index is 518. The zero-order valence-corrected chi connectivity index (χ0v) is 10.7. The first-order chi connectivity index (χ1) is 7.05. The van der Waals surface area contributed by atoms with Gasteiger partial charge in [0.15, 0.2) is 0 Å². The molecule has 90 valence electrons. The highest BCUT2D eigenvalue weighted by Gasteiger charge is 2.34. The third kappa shape index (κ3) is 2.86. The summed E-state index contributed by atoms with van der Waals surface area (Å²) < 4.78 is 22.1. The summed E-state index contributed by atoms with van der Waals surface area (Å²) in [6, 6.07) is 1.89. The van der Waals surface area contributed by atoms with Gasteiger partial charge in [0.05, 0.1) is 20.7 Å². The smallest absolute Gasteiger partial charge is 0.321 e. The van der Waals surface area contributed by atoms with Crippen molar-refractivity contribution in [3.8, 4) is 0 Å². The van der Waals surface area contributed by atoms with Gasteiger partial charge >= 0.3 is 15.2 Å². The molecule has 0 aliphatic heterocycles. The quantitative estimate of drug-likeness (QED) is 0.595. The van der Waals surface area contributed by atoms with E-state index >= 15 is 0 Å². The summed E-state index contributed by atoms with van der Waals surface area (Å²) in [5.41, 5.74) is 0. The van der Waals surface area contributed by atoms with Crippen molar-refractivity contribution in [1.29, 1.82) is 0 Å². The first-order valence-electron chi connectivity index (χ1n) is 3.65. The maximum absolute atomic E-state index is 11.1. The third-order valence-corrected chi connectivity index (χ3v) is 4.81. The lowest BCUT2D eigenvalue weighted by molar-refractivity contribution is 0.381. The Morgan fingerprint density at radius 3 is 1.81 bits per heavy atom. The monoisotopic (exact) mass is 306 g/mol. The summed E-state index contributed by atoms with van der Waals surface area (Å²) in [7, 11) is -9.76. The lowest BCUT2D eigenvalue weighted by Gasteiger charge is -2.14. The molecule has 6 nitrogen and oxygen atoms in total. The molecule has 0 atom stereocenters. The molecular weight excluding hydrogens is 301 g/mol. The van der Waals surface area contributed by atoms with Crippen LogP contribution in [0.2, 0.25) is 10.0 Å². The van der Waals surface area contributed by atoms with Gasteiger partial charge in [0.25, 0.3) is 0 Å². The highest BCUT2D eigenvalue weighted by atomic mass is 35.5. The molecule has 0 spiro atoms. The summed E-state index contributed by atoms with van der Waals surface area (Å²) in [6.45, 7) is 0. The summed E-state index contributed by atoms with van der Waals surface area (Å²) in [4.78, 5) is 35.8. The minimum absolute atomic E-state index is 0.197. The van der Waals surface area contributed by atoms with E-state index in [-0.39, 0.29) is 5.02 Å². The van der Waals surface area contributed by atoms with Gasteiger partial charge in [-0.25, -0.2) is 0 Å². The fourth-order valence-corrected chi connectivity index (χ4v) is 4.01. The van der Waals surface area contributed by atoms with Crippen LogP contribution in [0.15, 0.2) is 12.1 Å². The highest BCUT2D eigenvalue weighted by molar-refractivity contribution is 7.67. The van der Waals surface area contributed by atoms with Crippen LogP contribution in [0.5, 0.6) is 0 Å². The van der Waals surface area contributed by atoms with E-state index in [0.29, 0.717) is 0 Å². The van der Waals surface area contributed by atoms with Crippen LogP contribution in [-0.2, 0) is 9.13 Å². The van der Waals surface area contributed by atoms with Crippen LogP contribution in [0.4, 0.5) is 0 Å². The average Bonchev–Trinajstić information content (AvgIpc) is 2.05. The van der Waals surface area contributed by atoms with Crippen molar-refractivity contribution >= 4 is 49.0 Å². The predicted octanol–water partition coefficient (Wildman–Crippen LogP) is 0.599. The van der Waals surface area contributed by atoms with Gasteiger partial charge < -0.3 is 19.6 Å². The highest BCUT2D eigenvalue weighted by Crippen LogP contribution is 2.43. The molecule has 0 aromatic heterocycles. The maximum atomic E-state index is 11.1. The Labute approximate surface area is 100 Å². The molecule has 0 aliphatic carbocycles. The molecule has 1 aromatic rings. The molecule has 4 N–H and O–H groups in total. The molecule has 0 bridgehead atoms. The first-order valence-corrected chi connectivity index (χ1v) is 7.63. The Kier molecular flexibility index (Phi) is 3.90. The second kappa shape index (κ2) is 4.41. The van der Waals surface area contributed by atoms with Crippen molar-refractivity contribution < 1.29 is 28.7 Å². The standard InChI is InChI=1S/C6H6Cl2O6P2/c7-3-1-2-4(15(9,10)11)6(5(3)8)16(12,13)14/h1-2H,(H2,9,10,11)(H2,12,13,14). The van der Waals surface area contributed by atoms with Crippen LogP contribution in [0.25, 0.3) is 0 Å². The van der Waals surface area contributed by atoms with E-state index in [1.165, 1.54) is 0 Å². The van der Waals surface area contributed by atoms with Crippen LogP contribution < -0.4 is 10.6 Å². The van der Waals surface area contributed by atoms with Gasteiger partial charge in [-0.05, 0) is 12.1 Å². The number of hydrogen-bond acceptors (Lipinski definition) is 2. The van der Waals surface area contributed by atoms with Crippen molar-refractivity contribution in [2.75, 3.05) is 0 Å². The molecule has 1 rings (SSSR count). The van der Waals surface area contributed by atoms with Crippen molar-refractivity contribution in [3.05, 3.63) is 22.2 Å². The van der Waals surface area contributed by atoms with E-state index in [4.69, 9.17) is 42.8 Å². The van der Waals surface area contributed by atoms with Crippen molar-refractivity contribution in [3.63, 3.8) is 0 Å². The fourth-order valence-electron chi connectivity index (χ4n) is 1.04. The summed E-state index contributed by atoms with van der Waals surface area (Å²) in [5, 5.41) is -2.52. The molecule has 0 saturated carbocycles. The molecule has 0 saturated heterocycles. The minimum atomic E-state index is -4.93. The van der Waals surface area contributed by atoms with Gasteiger partial charge in [0.1, 0.15) is 0 Å². The molecule has 1 aromatic carbocycles. The number of hydrogen-bond donors (Lipinski definition) is 4. The molecule has 16 heavy (non-hydrogen) atoms. The summed E-state index contributed by atoms with van der Waals surface area (Å²) >= 11 is 11.0. The second-order valence-electron chi connectivity index (χ2n) is 2.82. The number of halogens is 2. The van der Waals surface area contributed by atoms with E-state index < -0.39 is 30.8 Å². The summed E-state index contributed by atoms with van der Waals surface area (Å²) in [5.74, 6) is 0. The Balaban J connectivity index is 3.73. The molecule has 0 fully saturated rings. The van der Waals surface area contributed by atoms with Gasteiger partial charge in [-0.15, -0.1) is 0 Å². The van der Waals surface area contributed by atoms with E-state index in [1.54, 1.807) is 0 Å². The zero-order valence-electron chi connectivity index (χ0n) is 7.41. The minimum Gasteiger partial charge on any atom is -0.321 e. The molecule has 0 radical (unpaired) electrons. The second-order valence-corrected chi connectivity index (χ2v) is 6.71. The van der Waals surface area contributed by atoms with Crippen LogP contribution >= 0.6 is 38.4 Å². The normalized spacial score (nSPS) is 12.9. The maximum Gasteiger partial charge on any atom is 0.358 e. The molecule has 0 aliphatic rings. The molecule has 0 heterocycles. The van der Waals surface area contributed by atoms with E-state index in [0.717, 1.165) is 12.1 Å². The van der Waals surface area contributed by atoms with Crippen LogP contribution in [-0.4, -0.2) is 19.6 Å². The zero-order chi connectivity index (χ0) is 12.7. The average molecular weight is 307 g/mol. The molecular formula is C6H6Cl2O6P2. The van der Waals surface area contributed by atoms with Gasteiger partial charge in [-0.1, -0.05) is 23.2 Å². The van der Waals surface area contributed by atoms with E-state index in [1.807, 2.05) is 0 Å². The Hall–Kier alpha value is 0.1000. The van der Waals surface area contributed by atoms with Gasteiger partial charge in [-0.3, -0.25) is 9.13 Å². The molecule has 0 amide bonds. The Morgan fingerprint density at radius 2 is 1.44 bits per heavy atom. The van der Waals surface area contributed by atoms with Crippen LogP contribution in [0.3, 0.4) is 0 Å². The van der Waals surface area contributed by atoms with Crippen molar-refractivity contribution in [1.82, 2.24) is 0 Å². The predicted molar refractivity (Wildman–Crippen MR) is 59.8 cm³/mol. The van der Waals surface area contributed by atoms with Crippen LogP contribution in [0.1, 0.15) is 0 Å². The van der Waals surface area contributed by atoms with Gasteiger partial charge in [-0.2, -0.15) is 0 Å². The van der Waals surface area contributed by atoms with Crippen molar-refractivity contribution in [2.24, 2.45) is 0 Å². The lowest BCUT2D eigenvalue weighted by atomic mass is 10.3. The lowest BCUT2D eigenvalue weighted by Crippen LogP contribution is -2.26. The van der Waals surface area contributed by atoms with Crippen molar-refractivity contribution in [2.45, 2.75) is 0 Å². The third-order valence-electron chi connectivity index (χ3n) is 1.65. The summed E-state index contributed by atoms with van der Waals surface area (Å²) in [6.07, 6.45) is 0. The first kappa shape index (κ1) is 14.2.